The van der Waals surface area contributed by atoms with Crippen molar-refractivity contribution in [3.63, 3.8) is 0 Å². The van der Waals surface area contributed by atoms with Gasteiger partial charge in [0.05, 0.1) is 0 Å². The van der Waals surface area contributed by atoms with E-state index in [9.17, 15) is 0 Å². The highest BCUT2D eigenvalue weighted by atomic mass is 14.9. The molecule has 2 nitrogen and oxygen atoms in total. The van der Waals surface area contributed by atoms with Gasteiger partial charge in [-0.2, -0.15) is 0 Å². The Morgan fingerprint density at radius 1 is 1.00 bits per heavy atom. The van der Waals surface area contributed by atoms with Gasteiger partial charge in [-0.1, -0.05) is 34.6 Å². The third-order valence-electron chi connectivity index (χ3n) is 3.18. The zero-order chi connectivity index (χ0) is 11.8. The summed E-state index contributed by atoms with van der Waals surface area (Å²) in [6.07, 6.45) is 1.24. The fourth-order valence-electron chi connectivity index (χ4n) is 1.68. The molecule has 0 fully saturated rings. The highest BCUT2D eigenvalue weighted by Crippen LogP contribution is 2.11. The molecule has 0 aromatic carbocycles. The number of hydrogen-bond donors (Lipinski definition) is 2. The van der Waals surface area contributed by atoms with E-state index in [2.05, 4.69) is 39.9 Å². The van der Waals surface area contributed by atoms with Crippen molar-refractivity contribution in [2.45, 2.75) is 41.0 Å². The zero-order valence-electron chi connectivity index (χ0n) is 11.2. The number of nitrogens with one attached hydrogen (secondary N) is 1. The van der Waals surface area contributed by atoms with Crippen molar-refractivity contribution in [2.75, 3.05) is 19.6 Å². The van der Waals surface area contributed by atoms with Crippen LogP contribution in [0.3, 0.4) is 0 Å². The van der Waals surface area contributed by atoms with E-state index in [4.69, 9.17) is 5.73 Å². The van der Waals surface area contributed by atoms with Crippen molar-refractivity contribution >= 4 is 0 Å². The standard InChI is InChI=1S/C13H30N2/c1-10(2)6-13(7-14)9-15-8-12(5)11(3)4/h10-13,15H,6-9,14H2,1-5H3. The van der Waals surface area contributed by atoms with E-state index in [1.54, 1.807) is 0 Å². The van der Waals surface area contributed by atoms with Gasteiger partial charge in [0.2, 0.25) is 0 Å². The van der Waals surface area contributed by atoms with Crippen LogP contribution < -0.4 is 11.1 Å². The minimum atomic E-state index is 0.643. The SMILES string of the molecule is CC(C)CC(CN)CNCC(C)C(C)C. The molecule has 0 amide bonds. The molecule has 0 spiro atoms. The Labute approximate surface area is 96.0 Å². The molecule has 0 aliphatic rings. The van der Waals surface area contributed by atoms with Gasteiger partial charge in [-0.05, 0) is 49.7 Å². The summed E-state index contributed by atoms with van der Waals surface area (Å²) >= 11 is 0. The molecule has 0 aromatic heterocycles. The van der Waals surface area contributed by atoms with Gasteiger partial charge in [-0.25, -0.2) is 0 Å². The first-order valence-corrected chi connectivity index (χ1v) is 6.38. The van der Waals surface area contributed by atoms with Crippen LogP contribution in [0.15, 0.2) is 0 Å². The smallest absolute Gasteiger partial charge is 0.000824 e. The molecule has 0 saturated heterocycles. The maximum absolute atomic E-state index is 5.76. The van der Waals surface area contributed by atoms with Crippen molar-refractivity contribution in [1.29, 1.82) is 0 Å². The van der Waals surface area contributed by atoms with Crippen molar-refractivity contribution < 1.29 is 0 Å². The second-order valence-corrected chi connectivity index (χ2v) is 5.61. The van der Waals surface area contributed by atoms with Gasteiger partial charge in [0.15, 0.2) is 0 Å². The predicted molar refractivity (Wildman–Crippen MR) is 68.9 cm³/mol. The molecule has 0 aliphatic heterocycles. The Kier molecular flexibility index (Phi) is 8.07. The lowest BCUT2D eigenvalue weighted by Gasteiger charge is -2.21. The largest absolute Gasteiger partial charge is 0.330 e. The molecule has 3 N–H and O–H groups in total. The first-order chi connectivity index (χ1) is 6.97. The van der Waals surface area contributed by atoms with E-state index in [0.29, 0.717) is 5.92 Å². The Hall–Kier alpha value is -0.0800. The van der Waals surface area contributed by atoms with Crippen molar-refractivity contribution in [1.82, 2.24) is 5.32 Å². The van der Waals surface area contributed by atoms with Gasteiger partial charge in [0.1, 0.15) is 0 Å². The topological polar surface area (TPSA) is 38.0 Å². The fraction of sp³-hybridized carbons (Fsp3) is 1.00. The van der Waals surface area contributed by atoms with E-state index in [-0.39, 0.29) is 0 Å². The van der Waals surface area contributed by atoms with E-state index in [0.717, 1.165) is 37.4 Å². The summed E-state index contributed by atoms with van der Waals surface area (Å²) < 4.78 is 0. The number of rotatable bonds is 8. The van der Waals surface area contributed by atoms with Crippen LogP contribution in [0, 0.1) is 23.7 Å². The van der Waals surface area contributed by atoms with Crippen molar-refractivity contribution in [2.24, 2.45) is 29.4 Å². The Bertz CT molecular complexity index is 143. The molecular weight excluding hydrogens is 184 g/mol. The first kappa shape index (κ1) is 14.9. The Morgan fingerprint density at radius 2 is 1.60 bits per heavy atom. The molecule has 0 aliphatic carbocycles. The molecular formula is C13H30N2. The molecule has 0 rings (SSSR count). The van der Waals surface area contributed by atoms with E-state index in [1.807, 2.05) is 0 Å². The summed E-state index contributed by atoms with van der Waals surface area (Å²) in [6, 6.07) is 0. The molecule has 0 aromatic rings. The van der Waals surface area contributed by atoms with Crippen molar-refractivity contribution in [3.8, 4) is 0 Å². The summed E-state index contributed by atoms with van der Waals surface area (Å²) in [5.74, 6) is 2.91. The van der Waals surface area contributed by atoms with Gasteiger partial charge in [-0.3, -0.25) is 0 Å². The maximum atomic E-state index is 5.76. The van der Waals surface area contributed by atoms with Gasteiger partial charge >= 0.3 is 0 Å². The summed E-state index contributed by atoms with van der Waals surface area (Å²) in [5, 5.41) is 3.54. The average Bonchev–Trinajstić information content (AvgIpc) is 2.15. The van der Waals surface area contributed by atoms with E-state index >= 15 is 0 Å². The summed E-state index contributed by atoms with van der Waals surface area (Å²) in [7, 11) is 0. The van der Waals surface area contributed by atoms with E-state index < -0.39 is 0 Å². The lowest BCUT2D eigenvalue weighted by atomic mass is 9.95. The molecule has 92 valence electrons. The molecule has 0 heterocycles. The third kappa shape index (κ3) is 7.80. The van der Waals surface area contributed by atoms with Crippen LogP contribution >= 0.6 is 0 Å². The van der Waals surface area contributed by atoms with Crippen molar-refractivity contribution in [3.05, 3.63) is 0 Å². The second kappa shape index (κ2) is 8.12. The van der Waals surface area contributed by atoms with Crippen LogP contribution in [0.1, 0.15) is 41.0 Å². The van der Waals surface area contributed by atoms with E-state index in [1.165, 1.54) is 6.42 Å². The Balaban J connectivity index is 3.63. The molecule has 2 unspecified atom stereocenters. The Morgan fingerprint density at radius 3 is 2.00 bits per heavy atom. The van der Waals surface area contributed by atoms with Gasteiger partial charge in [0.25, 0.3) is 0 Å². The van der Waals surface area contributed by atoms with Crippen LogP contribution in [0.25, 0.3) is 0 Å². The lowest BCUT2D eigenvalue weighted by molar-refractivity contribution is 0.350. The molecule has 0 radical (unpaired) electrons. The second-order valence-electron chi connectivity index (χ2n) is 5.61. The minimum Gasteiger partial charge on any atom is -0.330 e. The third-order valence-corrected chi connectivity index (χ3v) is 3.18. The first-order valence-electron chi connectivity index (χ1n) is 6.38. The van der Waals surface area contributed by atoms with Gasteiger partial charge < -0.3 is 11.1 Å². The number of hydrogen-bond acceptors (Lipinski definition) is 2. The maximum Gasteiger partial charge on any atom is -0.000824 e. The molecule has 0 bridgehead atoms. The van der Waals surface area contributed by atoms with Crippen LogP contribution in [-0.2, 0) is 0 Å². The summed E-state index contributed by atoms with van der Waals surface area (Å²) in [4.78, 5) is 0. The number of nitrogens with two attached hydrogens (primary N) is 1. The quantitative estimate of drug-likeness (QED) is 0.651. The molecule has 0 saturated carbocycles. The monoisotopic (exact) mass is 214 g/mol. The zero-order valence-corrected chi connectivity index (χ0v) is 11.2. The lowest BCUT2D eigenvalue weighted by Crippen LogP contribution is -2.32. The van der Waals surface area contributed by atoms with Crippen LogP contribution in [0.4, 0.5) is 0 Å². The summed E-state index contributed by atoms with van der Waals surface area (Å²) in [5.41, 5.74) is 5.76. The van der Waals surface area contributed by atoms with Crippen LogP contribution in [-0.4, -0.2) is 19.6 Å². The molecule has 2 heteroatoms. The minimum absolute atomic E-state index is 0.643. The molecule has 15 heavy (non-hydrogen) atoms. The predicted octanol–water partition coefficient (Wildman–Crippen LogP) is 2.49. The van der Waals surface area contributed by atoms with Crippen LogP contribution in [0.5, 0.6) is 0 Å². The molecule has 2 atom stereocenters. The van der Waals surface area contributed by atoms with Gasteiger partial charge in [0, 0.05) is 0 Å². The highest BCUT2D eigenvalue weighted by Gasteiger charge is 2.10. The fourth-order valence-corrected chi connectivity index (χ4v) is 1.68. The summed E-state index contributed by atoms with van der Waals surface area (Å²) in [6.45, 7) is 14.4. The van der Waals surface area contributed by atoms with Gasteiger partial charge in [-0.15, -0.1) is 0 Å². The van der Waals surface area contributed by atoms with Crippen LogP contribution in [0.2, 0.25) is 0 Å². The highest BCUT2D eigenvalue weighted by molar-refractivity contribution is 4.67. The normalized spacial score (nSPS) is 16.0. The average molecular weight is 214 g/mol.